The fourth-order valence-corrected chi connectivity index (χ4v) is 2.37. The van der Waals surface area contributed by atoms with Gasteiger partial charge in [0.25, 0.3) is 0 Å². The van der Waals surface area contributed by atoms with E-state index in [4.69, 9.17) is 11.6 Å². The lowest BCUT2D eigenvalue weighted by molar-refractivity contribution is 0.251. The summed E-state index contributed by atoms with van der Waals surface area (Å²) < 4.78 is 0. The van der Waals surface area contributed by atoms with Gasteiger partial charge < -0.3 is 0 Å². The van der Waals surface area contributed by atoms with E-state index >= 15 is 0 Å². The summed E-state index contributed by atoms with van der Waals surface area (Å²) in [7, 11) is 1.69. The number of hydrogen-bond acceptors (Lipinski definition) is 3. The monoisotopic (exact) mass is 274 g/mol. The summed E-state index contributed by atoms with van der Waals surface area (Å²) in [6.45, 7) is 0.420. The van der Waals surface area contributed by atoms with Crippen LogP contribution in [-0.4, -0.2) is 23.0 Å². The molecule has 0 unspecified atom stereocenters. The number of aromatic nitrogens is 2. The average Bonchev–Trinajstić information content (AvgIpc) is 2.44. The maximum atomic E-state index is 12.4. The Balaban J connectivity index is 2.07. The number of anilines is 2. The van der Waals surface area contributed by atoms with Crippen LogP contribution in [0.4, 0.5) is 16.3 Å². The Labute approximate surface area is 115 Å². The lowest BCUT2D eigenvalue weighted by Crippen LogP contribution is -2.45. The Bertz CT molecular complexity index is 646. The Kier molecular flexibility index (Phi) is 2.83. The van der Waals surface area contributed by atoms with Crippen molar-refractivity contribution in [1.82, 2.24) is 9.97 Å². The number of fused-ring (bicyclic) bond motifs is 1. The molecule has 2 heterocycles. The molecule has 1 aliphatic rings. The average molecular weight is 275 g/mol. The van der Waals surface area contributed by atoms with Crippen LogP contribution in [0.1, 0.15) is 5.56 Å². The van der Waals surface area contributed by atoms with Crippen LogP contribution in [0, 0.1) is 0 Å². The lowest BCUT2D eigenvalue weighted by Gasteiger charge is -2.34. The van der Waals surface area contributed by atoms with Crippen molar-refractivity contribution >= 4 is 29.1 Å². The molecule has 2 amide bonds. The van der Waals surface area contributed by atoms with Crippen molar-refractivity contribution in [3.05, 3.63) is 47.4 Å². The molecule has 0 saturated carbocycles. The van der Waals surface area contributed by atoms with Crippen molar-refractivity contribution in [2.75, 3.05) is 16.8 Å². The second kappa shape index (κ2) is 4.51. The molecule has 1 aliphatic heterocycles. The smallest absolute Gasteiger partial charge is 0.288 e. The minimum Gasteiger partial charge on any atom is -0.288 e. The first kappa shape index (κ1) is 11.9. The third-order valence-electron chi connectivity index (χ3n) is 3.07. The molecule has 3 rings (SSSR count). The third kappa shape index (κ3) is 1.92. The van der Waals surface area contributed by atoms with Crippen LogP contribution in [-0.2, 0) is 6.54 Å². The molecule has 1 aromatic carbocycles. The first-order valence-electron chi connectivity index (χ1n) is 5.77. The zero-order valence-corrected chi connectivity index (χ0v) is 11.0. The molecular formula is C13H11ClN4O. The molecule has 0 spiro atoms. The SMILES string of the molecule is CN1C(=O)N(c2ccccc2Cl)Cc2cncnc21. The predicted octanol–water partition coefficient (Wildman–Crippen LogP) is 2.71. The van der Waals surface area contributed by atoms with Crippen molar-refractivity contribution in [3.8, 4) is 0 Å². The molecule has 5 nitrogen and oxygen atoms in total. The standard InChI is InChI=1S/C13H11ClN4O/c1-17-12-9(6-15-8-16-12)7-18(13(17)19)11-5-3-2-4-10(11)14/h2-6,8H,7H2,1H3. The minimum absolute atomic E-state index is 0.153. The van der Waals surface area contributed by atoms with E-state index < -0.39 is 0 Å². The molecule has 1 aromatic heterocycles. The Morgan fingerprint density at radius 3 is 2.89 bits per heavy atom. The van der Waals surface area contributed by atoms with Gasteiger partial charge in [-0.25, -0.2) is 14.8 Å². The number of nitrogens with zero attached hydrogens (tertiary/aromatic N) is 4. The number of benzene rings is 1. The Morgan fingerprint density at radius 2 is 2.11 bits per heavy atom. The van der Waals surface area contributed by atoms with E-state index in [2.05, 4.69) is 9.97 Å². The van der Waals surface area contributed by atoms with Crippen molar-refractivity contribution in [2.45, 2.75) is 6.54 Å². The van der Waals surface area contributed by atoms with Crippen LogP contribution in [0.15, 0.2) is 36.8 Å². The third-order valence-corrected chi connectivity index (χ3v) is 3.39. The topological polar surface area (TPSA) is 49.3 Å². The van der Waals surface area contributed by atoms with Crippen LogP contribution in [0.25, 0.3) is 0 Å². The highest BCUT2D eigenvalue weighted by Crippen LogP contribution is 2.32. The fourth-order valence-electron chi connectivity index (χ4n) is 2.13. The highest BCUT2D eigenvalue weighted by Gasteiger charge is 2.30. The molecule has 0 N–H and O–H groups in total. The number of carbonyl (C=O) groups excluding carboxylic acids is 1. The molecule has 0 bridgehead atoms. The molecule has 0 saturated heterocycles. The normalized spacial score (nSPS) is 14.5. The number of amides is 2. The van der Waals surface area contributed by atoms with E-state index in [0.29, 0.717) is 23.1 Å². The lowest BCUT2D eigenvalue weighted by atomic mass is 10.2. The summed E-state index contributed by atoms with van der Waals surface area (Å²) in [4.78, 5) is 23.6. The maximum absolute atomic E-state index is 12.4. The van der Waals surface area contributed by atoms with Gasteiger partial charge in [0.2, 0.25) is 0 Å². The Hall–Kier alpha value is -2.14. The molecule has 0 fully saturated rings. The van der Waals surface area contributed by atoms with Crippen LogP contribution in [0.3, 0.4) is 0 Å². The van der Waals surface area contributed by atoms with Gasteiger partial charge in [0, 0.05) is 18.8 Å². The van der Waals surface area contributed by atoms with Crippen molar-refractivity contribution in [3.63, 3.8) is 0 Å². The van der Waals surface area contributed by atoms with Gasteiger partial charge in [-0.2, -0.15) is 0 Å². The summed E-state index contributed by atoms with van der Waals surface area (Å²) in [5, 5.41) is 0.546. The summed E-state index contributed by atoms with van der Waals surface area (Å²) in [6, 6.07) is 7.12. The number of halogens is 1. The van der Waals surface area contributed by atoms with Gasteiger partial charge in [-0.05, 0) is 12.1 Å². The summed E-state index contributed by atoms with van der Waals surface area (Å²) in [5.41, 5.74) is 1.58. The van der Waals surface area contributed by atoms with E-state index in [1.54, 1.807) is 24.2 Å². The van der Waals surface area contributed by atoms with E-state index in [0.717, 1.165) is 5.56 Å². The number of urea groups is 1. The van der Waals surface area contributed by atoms with Crippen LogP contribution in [0.5, 0.6) is 0 Å². The number of rotatable bonds is 1. The molecule has 0 radical (unpaired) electrons. The summed E-state index contributed by atoms with van der Waals surface area (Å²) >= 11 is 6.15. The van der Waals surface area contributed by atoms with Gasteiger partial charge in [-0.1, -0.05) is 23.7 Å². The number of para-hydroxylation sites is 1. The highest BCUT2D eigenvalue weighted by molar-refractivity contribution is 6.34. The zero-order chi connectivity index (χ0) is 13.4. The fraction of sp³-hybridized carbons (Fsp3) is 0.154. The quantitative estimate of drug-likeness (QED) is 0.803. The number of carbonyl (C=O) groups is 1. The molecule has 0 atom stereocenters. The Morgan fingerprint density at radius 1 is 1.32 bits per heavy atom. The molecule has 6 heteroatoms. The van der Waals surface area contributed by atoms with E-state index in [1.165, 1.54) is 11.2 Å². The summed E-state index contributed by atoms with van der Waals surface area (Å²) in [6.07, 6.45) is 3.16. The van der Waals surface area contributed by atoms with Crippen molar-refractivity contribution in [2.24, 2.45) is 0 Å². The second-order valence-electron chi connectivity index (χ2n) is 4.25. The first-order valence-corrected chi connectivity index (χ1v) is 6.15. The highest BCUT2D eigenvalue weighted by atomic mass is 35.5. The zero-order valence-electron chi connectivity index (χ0n) is 10.2. The largest absolute Gasteiger partial charge is 0.330 e. The van der Waals surface area contributed by atoms with Gasteiger partial charge in [0.1, 0.15) is 12.1 Å². The number of hydrogen-bond donors (Lipinski definition) is 0. The van der Waals surface area contributed by atoms with Gasteiger partial charge in [-0.3, -0.25) is 9.80 Å². The molecule has 96 valence electrons. The van der Waals surface area contributed by atoms with Gasteiger partial charge in [0.15, 0.2) is 0 Å². The molecule has 19 heavy (non-hydrogen) atoms. The minimum atomic E-state index is -0.153. The van der Waals surface area contributed by atoms with E-state index in [-0.39, 0.29) is 6.03 Å². The maximum Gasteiger partial charge on any atom is 0.330 e. The van der Waals surface area contributed by atoms with Gasteiger partial charge in [-0.15, -0.1) is 0 Å². The van der Waals surface area contributed by atoms with Crippen LogP contribution < -0.4 is 9.80 Å². The van der Waals surface area contributed by atoms with Gasteiger partial charge in [0.05, 0.1) is 17.3 Å². The van der Waals surface area contributed by atoms with Gasteiger partial charge >= 0.3 is 6.03 Å². The molecular weight excluding hydrogens is 264 g/mol. The van der Waals surface area contributed by atoms with Crippen molar-refractivity contribution < 1.29 is 4.79 Å². The van der Waals surface area contributed by atoms with Crippen LogP contribution >= 0.6 is 11.6 Å². The molecule has 2 aromatic rings. The summed E-state index contributed by atoms with van der Waals surface area (Å²) in [5.74, 6) is 0.642. The van der Waals surface area contributed by atoms with Crippen molar-refractivity contribution in [1.29, 1.82) is 0 Å². The predicted molar refractivity (Wildman–Crippen MR) is 73.5 cm³/mol. The van der Waals surface area contributed by atoms with Crippen LogP contribution in [0.2, 0.25) is 5.02 Å². The second-order valence-corrected chi connectivity index (χ2v) is 4.66. The van der Waals surface area contributed by atoms with E-state index in [1.807, 2.05) is 18.2 Å². The van der Waals surface area contributed by atoms with E-state index in [9.17, 15) is 4.79 Å². The first-order chi connectivity index (χ1) is 9.18. The molecule has 0 aliphatic carbocycles.